The number of nitrogens with one attached hydrogen (secondary N) is 1. The molecule has 35 heavy (non-hydrogen) atoms. The second-order valence-corrected chi connectivity index (χ2v) is 9.14. The van der Waals surface area contributed by atoms with Crippen molar-refractivity contribution >= 4 is 35.0 Å². The molecule has 4 aromatic rings. The highest BCUT2D eigenvalue weighted by Crippen LogP contribution is 2.33. The number of hydrogen-bond acceptors (Lipinski definition) is 6. The van der Waals surface area contributed by atoms with Crippen LogP contribution in [0.3, 0.4) is 0 Å². The second kappa shape index (κ2) is 10.1. The van der Waals surface area contributed by atoms with Gasteiger partial charge in [0.1, 0.15) is 11.4 Å². The first-order valence-electron chi connectivity index (χ1n) is 11.3. The summed E-state index contributed by atoms with van der Waals surface area (Å²) in [5.74, 6) is -0.110. The van der Waals surface area contributed by atoms with Crippen molar-refractivity contribution in [3.63, 3.8) is 0 Å². The van der Waals surface area contributed by atoms with E-state index < -0.39 is 0 Å². The number of benzene rings is 3. The average Bonchev–Trinajstić information content (AvgIpc) is 3.02. The molecule has 1 aliphatic rings. The number of thioether (sulfide) groups is 1. The average molecular weight is 482 g/mol. The summed E-state index contributed by atoms with van der Waals surface area (Å²) in [5, 5.41) is 12.1. The zero-order chi connectivity index (χ0) is 24.2. The molecule has 0 unspecified atom stereocenters. The van der Waals surface area contributed by atoms with Crippen LogP contribution in [0.5, 0.6) is 0 Å². The maximum Gasteiger partial charge on any atom is 0.237 e. The minimum absolute atomic E-state index is 0.107. The molecule has 1 N–H and O–H groups in total. The van der Waals surface area contributed by atoms with E-state index in [1.54, 1.807) is 11.0 Å². The molecule has 0 aliphatic carbocycles. The maximum atomic E-state index is 13.3. The zero-order valence-corrected chi connectivity index (χ0v) is 19.9. The predicted octanol–water partition coefficient (Wildman–Crippen LogP) is 5.06. The minimum Gasteiger partial charge on any atom is -0.324 e. The van der Waals surface area contributed by atoms with Gasteiger partial charge in [-0.15, -0.1) is 10.2 Å². The van der Waals surface area contributed by atoms with Crippen molar-refractivity contribution < 1.29 is 9.59 Å². The summed E-state index contributed by atoms with van der Waals surface area (Å²) in [6, 6.07) is 26.7. The molecule has 2 amide bonds. The van der Waals surface area contributed by atoms with Crippen LogP contribution in [0.1, 0.15) is 13.3 Å². The molecular weight excluding hydrogens is 458 g/mol. The highest BCUT2D eigenvalue weighted by molar-refractivity contribution is 7.99. The molecule has 0 radical (unpaired) electrons. The van der Waals surface area contributed by atoms with E-state index in [4.69, 9.17) is 4.98 Å². The van der Waals surface area contributed by atoms with Gasteiger partial charge in [-0.3, -0.25) is 9.59 Å². The van der Waals surface area contributed by atoms with Crippen LogP contribution < -0.4 is 10.2 Å². The Morgan fingerprint density at radius 1 is 0.914 bits per heavy atom. The van der Waals surface area contributed by atoms with Gasteiger partial charge in [-0.2, -0.15) is 0 Å². The molecular formula is C27H23N5O2S. The number of nitrogens with zero attached hydrogens (tertiary/aromatic N) is 4. The lowest BCUT2D eigenvalue weighted by molar-refractivity contribution is -0.117. The number of para-hydroxylation sites is 2. The van der Waals surface area contributed by atoms with E-state index in [1.807, 2.05) is 85.8 Å². The number of carbonyl (C=O) groups is 2. The lowest BCUT2D eigenvalue weighted by Crippen LogP contribution is -2.40. The molecule has 3 aromatic carbocycles. The van der Waals surface area contributed by atoms with E-state index >= 15 is 0 Å². The maximum absolute atomic E-state index is 13.3. The number of aromatic nitrogens is 3. The van der Waals surface area contributed by atoms with Crippen molar-refractivity contribution in [3.05, 3.63) is 84.9 Å². The van der Waals surface area contributed by atoms with Crippen LogP contribution in [0.4, 0.5) is 11.4 Å². The van der Waals surface area contributed by atoms with Crippen LogP contribution in [-0.2, 0) is 9.59 Å². The fraction of sp³-hybridized carbons (Fsp3) is 0.148. The normalized spacial score (nSPS) is 15.2. The summed E-state index contributed by atoms with van der Waals surface area (Å²) >= 11 is 1.24. The summed E-state index contributed by atoms with van der Waals surface area (Å²) in [6.07, 6.45) is 0.229. The highest BCUT2D eigenvalue weighted by atomic mass is 32.2. The number of anilines is 2. The molecule has 174 valence electrons. The van der Waals surface area contributed by atoms with E-state index in [9.17, 15) is 9.59 Å². The number of fused-ring (bicyclic) bond motifs is 1. The predicted molar refractivity (Wildman–Crippen MR) is 138 cm³/mol. The third-order valence-electron chi connectivity index (χ3n) is 5.71. The van der Waals surface area contributed by atoms with Crippen molar-refractivity contribution in [2.24, 2.45) is 0 Å². The van der Waals surface area contributed by atoms with E-state index in [-0.39, 0.29) is 30.0 Å². The quantitative estimate of drug-likeness (QED) is 0.401. The largest absolute Gasteiger partial charge is 0.324 e. The summed E-state index contributed by atoms with van der Waals surface area (Å²) in [5.41, 5.74) is 4.58. The van der Waals surface area contributed by atoms with Gasteiger partial charge in [0.05, 0.1) is 17.1 Å². The van der Waals surface area contributed by atoms with Crippen LogP contribution >= 0.6 is 11.8 Å². The Kier molecular flexibility index (Phi) is 6.54. The molecule has 1 atom stereocenters. The van der Waals surface area contributed by atoms with Gasteiger partial charge in [0.2, 0.25) is 17.0 Å². The topological polar surface area (TPSA) is 88.1 Å². The zero-order valence-electron chi connectivity index (χ0n) is 19.1. The molecule has 1 aromatic heterocycles. The molecule has 5 rings (SSSR count). The first kappa shape index (κ1) is 22.7. The van der Waals surface area contributed by atoms with Gasteiger partial charge in [0.15, 0.2) is 0 Å². The van der Waals surface area contributed by atoms with Crippen molar-refractivity contribution in [3.8, 4) is 22.5 Å². The summed E-state index contributed by atoms with van der Waals surface area (Å²) < 4.78 is 0. The number of rotatable bonds is 5. The minimum atomic E-state index is -0.272. The lowest BCUT2D eigenvalue weighted by atomic mass is 10.0. The second-order valence-electron chi connectivity index (χ2n) is 8.19. The van der Waals surface area contributed by atoms with E-state index in [2.05, 4.69) is 15.5 Å². The van der Waals surface area contributed by atoms with Crippen molar-refractivity contribution in [1.29, 1.82) is 0 Å². The SMILES string of the molecule is C[C@H]1CC(=O)Nc2ccccc2N1C(=O)CSc1nnc(-c2ccccc2)c(-c2ccccc2)n1. The Bertz CT molecular complexity index is 1360. The molecule has 0 saturated carbocycles. The van der Waals surface area contributed by atoms with Crippen molar-refractivity contribution in [2.45, 2.75) is 24.5 Å². The third kappa shape index (κ3) is 4.93. The Balaban J connectivity index is 1.42. The Hall–Kier alpha value is -4.04. The summed E-state index contributed by atoms with van der Waals surface area (Å²) in [6.45, 7) is 1.88. The van der Waals surface area contributed by atoms with Gasteiger partial charge in [-0.05, 0) is 19.1 Å². The molecule has 1 aliphatic heterocycles. The van der Waals surface area contributed by atoms with Gasteiger partial charge < -0.3 is 10.2 Å². The monoisotopic (exact) mass is 481 g/mol. The summed E-state index contributed by atoms with van der Waals surface area (Å²) in [4.78, 5) is 32.0. The number of hydrogen-bond donors (Lipinski definition) is 1. The Morgan fingerprint density at radius 2 is 1.54 bits per heavy atom. The van der Waals surface area contributed by atoms with Gasteiger partial charge in [-0.1, -0.05) is 84.6 Å². The van der Waals surface area contributed by atoms with Crippen LogP contribution in [0.2, 0.25) is 0 Å². The molecule has 0 saturated heterocycles. The molecule has 0 spiro atoms. The molecule has 8 heteroatoms. The Labute approximate surface area is 207 Å². The van der Waals surface area contributed by atoms with Gasteiger partial charge in [0.25, 0.3) is 0 Å². The van der Waals surface area contributed by atoms with E-state index in [0.717, 1.165) is 11.1 Å². The van der Waals surface area contributed by atoms with E-state index in [0.29, 0.717) is 27.9 Å². The van der Waals surface area contributed by atoms with Crippen LogP contribution in [0.25, 0.3) is 22.5 Å². The molecule has 2 heterocycles. The highest BCUT2D eigenvalue weighted by Gasteiger charge is 2.29. The first-order chi connectivity index (χ1) is 17.1. The fourth-order valence-electron chi connectivity index (χ4n) is 4.12. The Morgan fingerprint density at radius 3 is 2.26 bits per heavy atom. The van der Waals surface area contributed by atoms with Gasteiger partial charge in [0, 0.05) is 23.6 Å². The first-order valence-corrected chi connectivity index (χ1v) is 12.3. The van der Waals surface area contributed by atoms with E-state index in [1.165, 1.54) is 11.8 Å². The number of carbonyl (C=O) groups excluding carboxylic acids is 2. The lowest BCUT2D eigenvalue weighted by Gasteiger charge is -2.27. The van der Waals surface area contributed by atoms with Crippen molar-refractivity contribution in [1.82, 2.24) is 15.2 Å². The van der Waals surface area contributed by atoms with Crippen molar-refractivity contribution in [2.75, 3.05) is 16.0 Å². The van der Waals surface area contributed by atoms with Crippen LogP contribution in [0, 0.1) is 0 Å². The molecule has 7 nitrogen and oxygen atoms in total. The molecule has 0 fully saturated rings. The van der Waals surface area contributed by atoms with Crippen LogP contribution in [-0.4, -0.2) is 38.8 Å². The number of amides is 2. The fourth-order valence-corrected chi connectivity index (χ4v) is 4.77. The smallest absolute Gasteiger partial charge is 0.237 e. The third-order valence-corrected chi connectivity index (χ3v) is 6.54. The molecule has 0 bridgehead atoms. The van der Waals surface area contributed by atoms with Gasteiger partial charge >= 0.3 is 0 Å². The van der Waals surface area contributed by atoms with Crippen LogP contribution in [0.15, 0.2) is 90.1 Å². The van der Waals surface area contributed by atoms with Gasteiger partial charge in [-0.25, -0.2) is 4.98 Å². The summed E-state index contributed by atoms with van der Waals surface area (Å²) in [7, 11) is 0. The standard InChI is InChI=1S/C27H23N5O2S/c1-18-16-23(33)28-21-14-8-9-15-22(21)32(18)24(34)17-35-27-29-25(19-10-4-2-5-11-19)26(30-31-27)20-12-6-3-7-13-20/h2-15,18H,16-17H2,1H3,(H,28,33)/t18-/m0/s1.